The van der Waals surface area contributed by atoms with Crippen molar-refractivity contribution in [3.05, 3.63) is 0 Å². The summed E-state index contributed by atoms with van der Waals surface area (Å²) in [5.74, 6) is -4.43. The molecule has 154 valence electrons. The molecule has 1 amide bonds. The summed E-state index contributed by atoms with van der Waals surface area (Å²) >= 11 is 0. The molecule has 0 aromatic carbocycles. The van der Waals surface area contributed by atoms with Gasteiger partial charge in [0, 0.05) is 58.9 Å². The molecule has 0 saturated carbocycles. The molecule has 1 heterocycles. The number of nitrogens with one attached hydrogen (secondary N) is 1. The molecule has 0 spiro atoms. The monoisotopic (exact) mass is 455 g/mol. The van der Waals surface area contributed by atoms with Gasteiger partial charge in [-0.25, -0.2) is 0 Å². The Morgan fingerprint density at radius 1 is 0.786 bits per heavy atom. The average molecular weight is 456 g/mol. The number of carbonyl (C=O) groups excluding carboxylic acids is 4. The van der Waals surface area contributed by atoms with Gasteiger partial charge in [-0.2, -0.15) is 0 Å². The van der Waals surface area contributed by atoms with Gasteiger partial charge in [0.25, 0.3) is 0 Å². The van der Waals surface area contributed by atoms with Gasteiger partial charge in [0.1, 0.15) is 0 Å². The standard InChI is InChI=1S/C15H27N5O7.Ga/c16-11(15(26)27)7-17-12(21)8-18-1-3-19(9-13(22)23)5-6-20(4-2-18)10-14(24)25;/h11H,1-10,16H2,(H,17,21)(H,22,23)(H,24,25)(H,26,27);/q;+3/p-3. The van der Waals surface area contributed by atoms with Crippen molar-refractivity contribution >= 4 is 43.6 Å². The molecule has 1 saturated heterocycles. The number of amides is 1. The summed E-state index contributed by atoms with van der Waals surface area (Å²) in [6, 6.07) is -1.32. The Bertz CT molecular complexity index is 523. The molecule has 0 radical (unpaired) electrons. The van der Waals surface area contributed by atoms with E-state index < -0.39 is 29.9 Å². The molecule has 0 aromatic heterocycles. The van der Waals surface area contributed by atoms with Crippen LogP contribution < -0.4 is 26.4 Å². The maximum atomic E-state index is 12.0. The Kier molecular flexibility index (Phi) is 12.7. The minimum absolute atomic E-state index is 0. The molecule has 28 heavy (non-hydrogen) atoms. The fourth-order valence-electron chi connectivity index (χ4n) is 2.59. The van der Waals surface area contributed by atoms with Crippen molar-refractivity contribution in [3.63, 3.8) is 0 Å². The molecule has 0 aromatic rings. The van der Waals surface area contributed by atoms with E-state index in [0.717, 1.165) is 0 Å². The van der Waals surface area contributed by atoms with Gasteiger partial charge in [-0.15, -0.1) is 0 Å². The summed E-state index contributed by atoms with van der Waals surface area (Å²) in [7, 11) is 0. The Morgan fingerprint density at radius 2 is 1.14 bits per heavy atom. The van der Waals surface area contributed by atoms with Crippen molar-refractivity contribution in [1.29, 1.82) is 0 Å². The molecule has 13 heteroatoms. The maximum absolute atomic E-state index is 12.0. The summed E-state index contributed by atoms with van der Waals surface area (Å²) in [6.07, 6.45) is 0. The van der Waals surface area contributed by atoms with Crippen LogP contribution in [-0.2, 0) is 19.2 Å². The molecule has 0 aliphatic carbocycles. The molecule has 1 atom stereocenters. The molecule has 1 aliphatic heterocycles. The van der Waals surface area contributed by atoms with Crippen LogP contribution >= 0.6 is 0 Å². The van der Waals surface area contributed by atoms with E-state index in [0.29, 0.717) is 39.3 Å². The number of rotatable bonds is 9. The molecular formula is C15H24GaN5O7. The molecule has 3 N–H and O–H groups in total. The third kappa shape index (κ3) is 11.3. The van der Waals surface area contributed by atoms with Gasteiger partial charge in [0.05, 0.1) is 30.5 Å². The SMILES string of the molecule is NC(CNC(=O)CN1CCN(CC(=O)[O-])CCN(CC(=O)[O-])CC1)C(=O)[O-].[Ga+3]. The van der Waals surface area contributed by atoms with Crippen LogP contribution in [0.15, 0.2) is 0 Å². The molecule has 1 fully saturated rings. The van der Waals surface area contributed by atoms with Gasteiger partial charge in [-0.3, -0.25) is 19.5 Å². The molecule has 1 rings (SSSR count). The Labute approximate surface area is 175 Å². The van der Waals surface area contributed by atoms with Gasteiger partial charge in [0.2, 0.25) is 5.91 Å². The number of carboxylic acids is 3. The first-order valence-corrected chi connectivity index (χ1v) is 8.47. The minimum Gasteiger partial charge on any atom is -0.549 e. The summed E-state index contributed by atoms with van der Waals surface area (Å²) in [6.45, 7) is 1.14. The smallest absolute Gasteiger partial charge is 0.549 e. The third-order valence-electron chi connectivity index (χ3n) is 4.09. The van der Waals surface area contributed by atoms with Gasteiger partial charge in [-0.05, 0) is 0 Å². The van der Waals surface area contributed by atoms with E-state index >= 15 is 0 Å². The first-order chi connectivity index (χ1) is 12.7. The first kappa shape index (κ1) is 26.4. The number of hydrogen-bond donors (Lipinski definition) is 2. The Hall–Kier alpha value is -1.64. The third-order valence-corrected chi connectivity index (χ3v) is 4.09. The van der Waals surface area contributed by atoms with Crippen LogP contribution in [0.4, 0.5) is 0 Å². The van der Waals surface area contributed by atoms with Crippen molar-refractivity contribution in [2.75, 3.05) is 65.4 Å². The summed E-state index contributed by atoms with van der Waals surface area (Å²) in [5.41, 5.74) is 5.27. The Balaban J connectivity index is 0.00000729. The van der Waals surface area contributed by atoms with Crippen molar-refractivity contribution < 1.29 is 34.5 Å². The maximum Gasteiger partial charge on any atom is 3.00 e. The second-order valence-electron chi connectivity index (χ2n) is 6.30. The van der Waals surface area contributed by atoms with E-state index in [1.807, 2.05) is 0 Å². The largest absolute Gasteiger partial charge is 3.00 e. The fourth-order valence-corrected chi connectivity index (χ4v) is 2.59. The van der Waals surface area contributed by atoms with Crippen LogP contribution in [0.25, 0.3) is 0 Å². The number of aliphatic carboxylic acids is 3. The van der Waals surface area contributed by atoms with Crippen LogP contribution in [0.5, 0.6) is 0 Å². The van der Waals surface area contributed by atoms with Crippen molar-refractivity contribution in [3.8, 4) is 0 Å². The zero-order chi connectivity index (χ0) is 20.4. The normalized spacial score (nSPS) is 18.0. The second kappa shape index (κ2) is 13.5. The molecule has 1 aliphatic rings. The van der Waals surface area contributed by atoms with Crippen LogP contribution in [0.3, 0.4) is 0 Å². The zero-order valence-electron chi connectivity index (χ0n) is 15.5. The van der Waals surface area contributed by atoms with E-state index in [-0.39, 0.29) is 46.0 Å². The molecule has 1 unspecified atom stereocenters. The summed E-state index contributed by atoms with van der Waals surface area (Å²) in [5, 5.41) is 34.7. The first-order valence-electron chi connectivity index (χ1n) is 8.47. The molecule has 12 nitrogen and oxygen atoms in total. The van der Waals surface area contributed by atoms with Crippen LogP contribution in [0, 0.1) is 0 Å². The predicted molar refractivity (Wildman–Crippen MR) is 91.1 cm³/mol. The number of carbonyl (C=O) groups is 4. The van der Waals surface area contributed by atoms with E-state index in [1.54, 1.807) is 14.7 Å². The van der Waals surface area contributed by atoms with Crippen molar-refractivity contribution in [2.24, 2.45) is 5.73 Å². The second-order valence-corrected chi connectivity index (χ2v) is 6.30. The van der Waals surface area contributed by atoms with E-state index in [1.165, 1.54) is 0 Å². The van der Waals surface area contributed by atoms with Crippen molar-refractivity contribution in [2.45, 2.75) is 6.04 Å². The number of hydrogen-bond acceptors (Lipinski definition) is 11. The zero-order valence-corrected chi connectivity index (χ0v) is 17.9. The van der Waals surface area contributed by atoms with Crippen molar-refractivity contribution in [1.82, 2.24) is 20.0 Å². The van der Waals surface area contributed by atoms with Gasteiger partial charge < -0.3 is 40.8 Å². The van der Waals surface area contributed by atoms with E-state index in [9.17, 15) is 34.5 Å². The van der Waals surface area contributed by atoms with Gasteiger partial charge in [0.15, 0.2) is 0 Å². The minimum atomic E-state index is -1.48. The van der Waals surface area contributed by atoms with Crippen LogP contribution in [0.1, 0.15) is 0 Å². The molecule has 0 bridgehead atoms. The van der Waals surface area contributed by atoms with Gasteiger partial charge in [-0.1, -0.05) is 0 Å². The number of nitrogens with zero attached hydrogens (tertiary/aromatic N) is 3. The van der Waals surface area contributed by atoms with Crippen LogP contribution in [-0.4, -0.2) is 130 Å². The number of nitrogens with two attached hydrogens (primary N) is 1. The molecular weight excluding hydrogens is 432 g/mol. The number of carboxylic acid groups (broad SMARTS) is 3. The van der Waals surface area contributed by atoms with Gasteiger partial charge >= 0.3 is 19.8 Å². The Morgan fingerprint density at radius 3 is 1.46 bits per heavy atom. The van der Waals surface area contributed by atoms with Crippen LogP contribution in [0.2, 0.25) is 0 Å². The summed E-state index contributed by atoms with van der Waals surface area (Å²) < 4.78 is 0. The predicted octanol–water partition coefficient (Wildman–Crippen LogP) is -7.78. The summed E-state index contributed by atoms with van der Waals surface area (Å²) in [4.78, 5) is 49.2. The van der Waals surface area contributed by atoms with E-state index in [4.69, 9.17) is 5.73 Å². The van der Waals surface area contributed by atoms with E-state index in [2.05, 4.69) is 5.32 Å². The average Bonchev–Trinajstić information content (AvgIpc) is 2.65. The fraction of sp³-hybridized carbons (Fsp3) is 0.733. The quantitative estimate of drug-likeness (QED) is 0.314. The topological polar surface area (TPSA) is 185 Å².